The summed E-state index contributed by atoms with van der Waals surface area (Å²) in [6.45, 7) is 3.69. The first-order valence-corrected chi connectivity index (χ1v) is 8.16. The van der Waals surface area contributed by atoms with Crippen molar-refractivity contribution in [3.05, 3.63) is 48.3 Å². The van der Waals surface area contributed by atoms with Crippen LogP contribution in [0, 0.1) is 0 Å². The predicted octanol–water partition coefficient (Wildman–Crippen LogP) is 4.30. The maximum absolute atomic E-state index is 5.92. The molecular weight excluding hydrogens is 288 g/mol. The third-order valence-electron chi connectivity index (χ3n) is 3.79. The summed E-state index contributed by atoms with van der Waals surface area (Å²) >= 11 is 0. The molecule has 1 aromatic heterocycles. The van der Waals surface area contributed by atoms with Gasteiger partial charge in [0.15, 0.2) is 11.5 Å². The van der Waals surface area contributed by atoms with Crippen molar-refractivity contribution in [2.75, 3.05) is 25.6 Å². The standard InChI is InChI=1S/C19H26N2O2/c1-4-5-8-13-21(2)17-10-11-18(22-3)19(14-17)23-15-16-9-6-7-12-20-16/h6-7,9-12,14H,4-5,8,13,15H2,1-3H3. The summed E-state index contributed by atoms with van der Waals surface area (Å²) in [5, 5.41) is 0. The second-order valence-corrected chi connectivity index (χ2v) is 5.57. The molecule has 23 heavy (non-hydrogen) atoms. The van der Waals surface area contributed by atoms with E-state index in [1.165, 1.54) is 19.3 Å². The van der Waals surface area contributed by atoms with Crippen molar-refractivity contribution in [2.24, 2.45) is 0 Å². The Morgan fingerprint density at radius 3 is 2.65 bits per heavy atom. The summed E-state index contributed by atoms with van der Waals surface area (Å²) in [5.74, 6) is 1.49. The van der Waals surface area contributed by atoms with Gasteiger partial charge in [0.05, 0.1) is 12.8 Å². The molecule has 0 radical (unpaired) electrons. The van der Waals surface area contributed by atoms with E-state index in [2.05, 4.69) is 29.9 Å². The van der Waals surface area contributed by atoms with E-state index >= 15 is 0 Å². The molecule has 0 aliphatic rings. The van der Waals surface area contributed by atoms with E-state index in [1.54, 1.807) is 13.3 Å². The van der Waals surface area contributed by atoms with Crippen LogP contribution in [0.2, 0.25) is 0 Å². The van der Waals surface area contributed by atoms with Gasteiger partial charge in [0.1, 0.15) is 6.61 Å². The average Bonchev–Trinajstić information content (AvgIpc) is 2.60. The molecule has 2 aromatic rings. The third-order valence-corrected chi connectivity index (χ3v) is 3.79. The number of aromatic nitrogens is 1. The molecule has 0 saturated heterocycles. The first-order valence-electron chi connectivity index (χ1n) is 8.16. The number of methoxy groups -OCH3 is 1. The van der Waals surface area contributed by atoms with E-state index < -0.39 is 0 Å². The quantitative estimate of drug-likeness (QED) is 0.647. The van der Waals surface area contributed by atoms with Crippen molar-refractivity contribution in [2.45, 2.75) is 32.8 Å². The number of nitrogens with zero attached hydrogens (tertiary/aromatic N) is 2. The normalized spacial score (nSPS) is 10.4. The van der Waals surface area contributed by atoms with Crippen LogP contribution in [0.3, 0.4) is 0 Å². The van der Waals surface area contributed by atoms with Crippen molar-refractivity contribution >= 4 is 5.69 Å². The van der Waals surface area contributed by atoms with Crippen LogP contribution in [0.15, 0.2) is 42.6 Å². The monoisotopic (exact) mass is 314 g/mol. The van der Waals surface area contributed by atoms with E-state index in [4.69, 9.17) is 9.47 Å². The highest BCUT2D eigenvalue weighted by Crippen LogP contribution is 2.32. The summed E-state index contributed by atoms with van der Waals surface area (Å²) in [6.07, 6.45) is 5.45. The van der Waals surface area contributed by atoms with Gasteiger partial charge in [0, 0.05) is 31.5 Å². The van der Waals surface area contributed by atoms with Crippen LogP contribution < -0.4 is 14.4 Å². The first kappa shape index (κ1) is 17.1. The summed E-state index contributed by atoms with van der Waals surface area (Å²) in [6, 6.07) is 11.9. The number of pyridine rings is 1. The number of anilines is 1. The molecule has 0 unspecified atom stereocenters. The third kappa shape index (κ3) is 5.16. The molecule has 4 nitrogen and oxygen atoms in total. The summed E-state index contributed by atoms with van der Waals surface area (Å²) in [7, 11) is 3.77. The maximum atomic E-state index is 5.92. The van der Waals surface area contributed by atoms with Crippen molar-refractivity contribution in [1.29, 1.82) is 0 Å². The lowest BCUT2D eigenvalue weighted by Crippen LogP contribution is -2.18. The zero-order valence-electron chi connectivity index (χ0n) is 14.3. The van der Waals surface area contributed by atoms with Crippen LogP contribution in [0.4, 0.5) is 5.69 Å². The number of rotatable bonds is 9. The average molecular weight is 314 g/mol. The molecule has 0 saturated carbocycles. The van der Waals surface area contributed by atoms with Crippen LogP contribution in [-0.2, 0) is 6.61 Å². The van der Waals surface area contributed by atoms with Crippen molar-refractivity contribution in [1.82, 2.24) is 4.98 Å². The van der Waals surface area contributed by atoms with E-state index in [0.29, 0.717) is 6.61 Å². The molecule has 0 fully saturated rings. The molecule has 4 heteroatoms. The summed E-state index contributed by atoms with van der Waals surface area (Å²) in [4.78, 5) is 6.53. The molecule has 1 aromatic carbocycles. The molecule has 0 aliphatic carbocycles. The molecule has 0 amide bonds. The Morgan fingerprint density at radius 1 is 1.09 bits per heavy atom. The van der Waals surface area contributed by atoms with Crippen molar-refractivity contribution in [3.8, 4) is 11.5 Å². The Kier molecular flexibility index (Phi) is 6.73. The number of hydrogen-bond donors (Lipinski definition) is 0. The Hall–Kier alpha value is -2.23. The molecule has 124 valence electrons. The fourth-order valence-corrected chi connectivity index (χ4v) is 2.38. The number of benzene rings is 1. The Balaban J connectivity index is 2.05. The highest BCUT2D eigenvalue weighted by atomic mass is 16.5. The van der Waals surface area contributed by atoms with Gasteiger partial charge in [-0.05, 0) is 30.7 Å². The molecular formula is C19H26N2O2. The second kappa shape index (κ2) is 9.03. The zero-order chi connectivity index (χ0) is 16.5. The summed E-state index contributed by atoms with van der Waals surface area (Å²) in [5.41, 5.74) is 2.04. The largest absolute Gasteiger partial charge is 0.493 e. The molecule has 0 spiro atoms. The lowest BCUT2D eigenvalue weighted by Gasteiger charge is -2.21. The van der Waals surface area contributed by atoms with E-state index in [0.717, 1.165) is 29.4 Å². The lowest BCUT2D eigenvalue weighted by molar-refractivity contribution is 0.281. The molecule has 0 bridgehead atoms. The molecule has 0 N–H and O–H groups in total. The van der Waals surface area contributed by atoms with Crippen LogP contribution in [0.5, 0.6) is 11.5 Å². The van der Waals surface area contributed by atoms with E-state index in [9.17, 15) is 0 Å². The van der Waals surface area contributed by atoms with Crippen molar-refractivity contribution in [3.63, 3.8) is 0 Å². The van der Waals surface area contributed by atoms with Gasteiger partial charge in [-0.2, -0.15) is 0 Å². The highest BCUT2D eigenvalue weighted by Gasteiger charge is 2.09. The van der Waals surface area contributed by atoms with Gasteiger partial charge in [-0.1, -0.05) is 25.8 Å². The maximum Gasteiger partial charge on any atom is 0.163 e. The minimum atomic E-state index is 0.431. The van der Waals surface area contributed by atoms with Crippen LogP contribution in [0.25, 0.3) is 0 Å². The number of ether oxygens (including phenoxy) is 2. The predicted molar refractivity (Wildman–Crippen MR) is 94.4 cm³/mol. The fourth-order valence-electron chi connectivity index (χ4n) is 2.38. The van der Waals surface area contributed by atoms with E-state index in [1.807, 2.05) is 30.3 Å². The highest BCUT2D eigenvalue weighted by molar-refractivity contribution is 5.56. The van der Waals surface area contributed by atoms with E-state index in [-0.39, 0.29) is 0 Å². The SMILES string of the molecule is CCCCCN(C)c1ccc(OC)c(OCc2ccccn2)c1. The van der Waals surface area contributed by atoms with Gasteiger partial charge < -0.3 is 14.4 Å². The van der Waals surface area contributed by atoms with Crippen LogP contribution >= 0.6 is 0 Å². The Labute approximate surface area is 139 Å². The minimum absolute atomic E-state index is 0.431. The first-order chi connectivity index (χ1) is 11.2. The van der Waals surface area contributed by atoms with Crippen LogP contribution in [-0.4, -0.2) is 25.7 Å². The van der Waals surface area contributed by atoms with Gasteiger partial charge in [-0.3, -0.25) is 4.98 Å². The molecule has 1 heterocycles. The zero-order valence-corrected chi connectivity index (χ0v) is 14.3. The lowest BCUT2D eigenvalue weighted by atomic mass is 10.2. The molecule has 0 aliphatic heterocycles. The van der Waals surface area contributed by atoms with Gasteiger partial charge >= 0.3 is 0 Å². The molecule has 0 atom stereocenters. The second-order valence-electron chi connectivity index (χ2n) is 5.57. The molecule has 2 rings (SSSR count). The minimum Gasteiger partial charge on any atom is -0.493 e. The van der Waals surface area contributed by atoms with Gasteiger partial charge in [0.2, 0.25) is 0 Å². The van der Waals surface area contributed by atoms with Gasteiger partial charge in [-0.25, -0.2) is 0 Å². The van der Waals surface area contributed by atoms with Crippen LogP contribution in [0.1, 0.15) is 31.9 Å². The summed E-state index contributed by atoms with van der Waals surface area (Å²) < 4.78 is 11.3. The topological polar surface area (TPSA) is 34.6 Å². The Bertz CT molecular complexity index is 587. The van der Waals surface area contributed by atoms with Gasteiger partial charge in [-0.15, -0.1) is 0 Å². The Morgan fingerprint density at radius 2 is 1.96 bits per heavy atom. The number of hydrogen-bond acceptors (Lipinski definition) is 4. The smallest absolute Gasteiger partial charge is 0.163 e. The van der Waals surface area contributed by atoms with Gasteiger partial charge in [0.25, 0.3) is 0 Å². The number of unbranched alkanes of at least 4 members (excludes halogenated alkanes) is 2. The van der Waals surface area contributed by atoms with Crippen molar-refractivity contribution < 1.29 is 9.47 Å². The fraction of sp³-hybridized carbons (Fsp3) is 0.421.